The zero-order chi connectivity index (χ0) is 15.9. The van der Waals surface area contributed by atoms with Crippen molar-refractivity contribution in [1.29, 1.82) is 0 Å². The third kappa shape index (κ3) is 2.54. The molecule has 0 unspecified atom stereocenters. The molecule has 1 aromatic rings. The lowest BCUT2D eigenvalue weighted by Crippen LogP contribution is -2.47. The van der Waals surface area contributed by atoms with Crippen molar-refractivity contribution in [2.24, 2.45) is 5.92 Å². The summed E-state index contributed by atoms with van der Waals surface area (Å²) in [5, 5.41) is 0.395. The van der Waals surface area contributed by atoms with E-state index in [2.05, 4.69) is 0 Å². The summed E-state index contributed by atoms with van der Waals surface area (Å²) in [6.07, 6.45) is 1.35. The molecular weight excluding hydrogens is 304 g/mol. The summed E-state index contributed by atoms with van der Waals surface area (Å²) in [5.74, 6) is 0.954. The second-order valence-corrected chi connectivity index (χ2v) is 6.33. The van der Waals surface area contributed by atoms with Crippen molar-refractivity contribution >= 4 is 23.4 Å². The van der Waals surface area contributed by atoms with Gasteiger partial charge in [0.1, 0.15) is 5.75 Å². The van der Waals surface area contributed by atoms with Crippen LogP contribution in [0.5, 0.6) is 5.75 Å². The van der Waals surface area contributed by atoms with Gasteiger partial charge in [-0.1, -0.05) is 11.6 Å². The summed E-state index contributed by atoms with van der Waals surface area (Å²) in [5.41, 5.74) is 0.485. The molecule has 1 aromatic carbocycles. The fourth-order valence-electron chi connectivity index (χ4n) is 3.43. The fourth-order valence-corrected chi connectivity index (χ4v) is 3.69. The number of carbonyl (C=O) groups is 2. The van der Waals surface area contributed by atoms with Gasteiger partial charge >= 0.3 is 0 Å². The van der Waals surface area contributed by atoms with E-state index >= 15 is 0 Å². The van der Waals surface area contributed by atoms with Crippen LogP contribution in [0.2, 0.25) is 5.02 Å². The molecule has 0 spiro atoms. The van der Waals surface area contributed by atoms with E-state index in [1.54, 1.807) is 30.2 Å². The van der Waals surface area contributed by atoms with E-state index in [-0.39, 0.29) is 23.8 Å². The predicted molar refractivity (Wildman–Crippen MR) is 83.2 cm³/mol. The number of ether oxygens (including phenoxy) is 1. The van der Waals surface area contributed by atoms with Crippen LogP contribution in [0.1, 0.15) is 23.2 Å². The molecule has 0 bridgehead atoms. The van der Waals surface area contributed by atoms with Gasteiger partial charge in [-0.25, -0.2) is 0 Å². The van der Waals surface area contributed by atoms with Gasteiger partial charge in [0.15, 0.2) is 0 Å². The van der Waals surface area contributed by atoms with E-state index in [1.165, 1.54) is 0 Å². The molecule has 6 heteroatoms. The third-order valence-corrected chi connectivity index (χ3v) is 5.03. The predicted octanol–water partition coefficient (Wildman–Crippen LogP) is 2.04. The van der Waals surface area contributed by atoms with Crippen LogP contribution in [0.4, 0.5) is 0 Å². The van der Waals surface area contributed by atoms with Crippen molar-refractivity contribution in [2.75, 3.05) is 27.2 Å². The van der Waals surface area contributed by atoms with Crippen LogP contribution in [0, 0.1) is 5.92 Å². The Kier molecular flexibility index (Phi) is 4.00. The van der Waals surface area contributed by atoms with Crippen LogP contribution in [0.3, 0.4) is 0 Å². The average molecular weight is 323 g/mol. The summed E-state index contributed by atoms with van der Waals surface area (Å²) < 4.78 is 5.10. The van der Waals surface area contributed by atoms with Gasteiger partial charge in [0.25, 0.3) is 5.91 Å². The maximum absolute atomic E-state index is 12.7. The van der Waals surface area contributed by atoms with Gasteiger partial charge < -0.3 is 14.5 Å². The number of hydrogen-bond acceptors (Lipinski definition) is 3. The SMILES string of the molecule is COc1ccc(C(=O)N2CC[C@H]3[C@H](CC(=O)N3C)C2)c(Cl)c1. The Labute approximate surface area is 134 Å². The highest BCUT2D eigenvalue weighted by Crippen LogP contribution is 2.32. The molecule has 2 aliphatic heterocycles. The average Bonchev–Trinajstić information content (AvgIpc) is 2.80. The first-order valence-corrected chi connectivity index (χ1v) is 7.77. The second-order valence-electron chi connectivity index (χ2n) is 5.92. The van der Waals surface area contributed by atoms with Crippen molar-refractivity contribution in [3.05, 3.63) is 28.8 Å². The monoisotopic (exact) mass is 322 g/mol. The highest BCUT2D eigenvalue weighted by molar-refractivity contribution is 6.34. The second kappa shape index (κ2) is 5.80. The van der Waals surface area contributed by atoms with Gasteiger partial charge in [0.05, 0.1) is 17.7 Å². The first-order valence-electron chi connectivity index (χ1n) is 7.39. The number of nitrogens with zero attached hydrogens (tertiary/aromatic N) is 2. The van der Waals surface area contributed by atoms with Crippen LogP contribution in [0.25, 0.3) is 0 Å². The van der Waals surface area contributed by atoms with Gasteiger partial charge in [-0.2, -0.15) is 0 Å². The number of likely N-dealkylation sites (tertiary alicyclic amines) is 2. The molecule has 0 saturated carbocycles. The van der Waals surface area contributed by atoms with Gasteiger partial charge in [0.2, 0.25) is 5.91 Å². The number of rotatable bonds is 2. The van der Waals surface area contributed by atoms with E-state index in [0.717, 1.165) is 6.42 Å². The Morgan fingerprint density at radius 3 is 2.86 bits per heavy atom. The van der Waals surface area contributed by atoms with Crippen molar-refractivity contribution in [3.8, 4) is 5.75 Å². The first-order chi connectivity index (χ1) is 10.5. The quantitative estimate of drug-likeness (QED) is 0.837. The van der Waals surface area contributed by atoms with Crippen molar-refractivity contribution in [3.63, 3.8) is 0 Å². The first kappa shape index (κ1) is 15.2. The van der Waals surface area contributed by atoms with Crippen LogP contribution < -0.4 is 4.74 Å². The van der Waals surface area contributed by atoms with Crippen molar-refractivity contribution < 1.29 is 14.3 Å². The molecule has 0 aliphatic carbocycles. The molecule has 0 radical (unpaired) electrons. The van der Waals surface area contributed by atoms with E-state index < -0.39 is 0 Å². The van der Waals surface area contributed by atoms with E-state index in [4.69, 9.17) is 16.3 Å². The lowest BCUT2D eigenvalue weighted by molar-refractivity contribution is -0.127. The minimum Gasteiger partial charge on any atom is -0.497 e. The number of carbonyl (C=O) groups excluding carboxylic acids is 2. The molecule has 2 atom stereocenters. The van der Waals surface area contributed by atoms with Crippen LogP contribution in [-0.4, -0.2) is 54.9 Å². The molecule has 2 saturated heterocycles. The lowest BCUT2D eigenvalue weighted by atomic mass is 9.92. The standard InChI is InChI=1S/C16H19ClN2O3/c1-18-14-5-6-19(9-10(14)7-15(18)20)16(21)12-4-3-11(22-2)8-13(12)17/h3-4,8,10,14H,5-7,9H2,1-2H3/t10-,14+/m1/s1. The van der Waals surface area contributed by atoms with Crippen molar-refractivity contribution in [2.45, 2.75) is 18.9 Å². The minimum atomic E-state index is -0.0758. The summed E-state index contributed by atoms with van der Waals surface area (Å²) in [7, 11) is 3.41. The Balaban J connectivity index is 1.75. The molecule has 2 fully saturated rings. The molecule has 3 rings (SSSR count). The Morgan fingerprint density at radius 1 is 1.41 bits per heavy atom. The summed E-state index contributed by atoms with van der Waals surface area (Å²) in [4.78, 5) is 28.1. The van der Waals surface area contributed by atoms with E-state index in [9.17, 15) is 9.59 Å². The number of benzene rings is 1. The number of methoxy groups -OCH3 is 1. The largest absolute Gasteiger partial charge is 0.497 e. The maximum atomic E-state index is 12.7. The van der Waals surface area contributed by atoms with Gasteiger partial charge in [-0.15, -0.1) is 0 Å². The molecular formula is C16H19ClN2O3. The summed E-state index contributed by atoms with van der Waals surface area (Å²) in [6.45, 7) is 1.27. The molecule has 22 heavy (non-hydrogen) atoms. The minimum absolute atomic E-state index is 0.0758. The third-order valence-electron chi connectivity index (χ3n) is 4.72. The Hall–Kier alpha value is -1.75. The Morgan fingerprint density at radius 2 is 2.18 bits per heavy atom. The molecule has 118 valence electrons. The zero-order valence-electron chi connectivity index (χ0n) is 12.7. The lowest BCUT2D eigenvalue weighted by Gasteiger charge is -2.36. The van der Waals surface area contributed by atoms with Crippen LogP contribution in [-0.2, 0) is 4.79 Å². The number of halogens is 1. The molecule has 2 aliphatic rings. The van der Waals surface area contributed by atoms with E-state index in [1.807, 2.05) is 11.9 Å². The van der Waals surface area contributed by atoms with Crippen LogP contribution in [0.15, 0.2) is 18.2 Å². The normalized spacial score (nSPS) is 24.4. The summed E-state index contributed by atoms with van der Waals surface area (Å²) >= 11 is 6.19. The molecule has 2 amide bonds. The van der Waals surface area contributed by atoms with Gasteiger partial charge in [-0.3, -0.25) is 9.59 Å². The van der Waals surface area contributed by atoms with Crippen LogP contribution >= 0.6 is 11.6 Å². The van der Waals surface area contributed by atoms with Gasteiger partial charge in [-0.05, 0) is 24.6 Å². The maximum Gasteiger partial charge on any atom is 0.255 e. The number of amides is 2. The summed E-state index contributed by atoms with van der Waals surface area (Å²) in [6, 6.07) is 5.34. The molecule has 5 nitrogen and oxygen atoms in total. The molecule has 2 heterocycles. The highest BCUT2D eigenvalue weighted by atomic mass is 35.5. The Bertz CT molecular complexity index is 619. The van der Waals surface area contributed by atoms with E-state index in [0.29, 0.717) is 35.8 Å². The number of hydrogen-bond donors (Lipinski definition) is 0. The fraction of sp³-hybridized carbons (Fsp3) is 0.500. The number of fused-ring (bicyclic) bond motifs is 1. The topological polar surface area (TPSA) is 49.9 Å². The highest BCUT2D eigenvalue weighted by Gasteiger charge is 2.42. The number of piperidine rings is 1. The molecule has 0 N–H and O–H groups in total. The smallest absolute Gasteiger partial charge is 0.255 e. The molecule has 0 aromatic heterocycles. The zero-order valence-corrected chi connectivity index (χ0v) is 13.5. The van der Waals surface area contributed by atoms with Gasteiger partial charge in [0, 0.05) is 38.5 Å². The van der Waals surface area contributed by atoms with Crippen molar-refractivity contribution in [1.82, 2.24) is 9.80 Å².